The molecular formula is C11H18BrF2NO2. The molecule has 0 spiro atoms. The van der Waals surface area contributed by atoms with Crippen LogP contribution < -0.4 is 0 Å². The van der Waals surface area contributed by atoms with Crippen molar-refractivity contribution >= 4 is 21.8 Å². The Kier molecular flexibility index (Phi) is 5.79. The summed E-state index contributed by atoms with van der Waals surface area (Å²) in [6.07, 6.45) is 0.438. The molecule has 100 valence electrons. The molecule has 1 amide bonds. The summed E-state index contributed by atoms with van der Waals surface area (Å²) in [6, 6.07) is 0. The molecule has 0 N–H and O–H groups in total. The van der Waals surface area contributed by atoms with Gasteiger partial charge < -0.3 is 9.64 Å². The van der Waals surface area contributed by atoms with Gasteiger partial charge in [-0.05, 0) is 19.3 Å². The van der Waals surface area contributed by atoms with Crippen molar-refractivity contribution in [2.24, 2.45) is 0 Å². The first-order valence-corrected chi connectivity index (χ1v) is 6.82. The van der Waals surface area contributed by atoms with E-state index in [1.807, 2.05) is 0 Å². The lowest BCUT2D eigenvalue weighted by molar-refractivity contribution is -0.145. The van der Waals surface area contributed by atoms with Crippen LogP contribution in [0.15, 0.2) is 0 Å². The van der Waals surface area contributed by atoms with E-state index in [1.165, 1.54) is 4.90 Å². The first-order chi connectivity index (χ1) is 8.03. The highest BCUT2D eigenvalue weighted by Crippen LogP contribution is 2.38. The highest BCUT2D eigenvalue weighted by Gasteiger charge is 2.40. The fraction of sp³-hybridized carbons (Fsp3) is 0.909. The molecular weight excluding hydrogens is 296 g/mol. The molecule has 1 fully saturated rings. The molecule has 0 aromatic carbocycles. The van der Waals surface area contributed by atoms with Gasteiger partial charge in [-0.3, -0.25) is 4.79 Å². The van der Waals surface area contributed by atoms with E-state index in [2.05, 4.69) is 15.9 Å². The Labute approximate surface area is 109 Å². The van der Waals surface area contributed by atoms with Crippen molar-refractivity contribution in [1.82, 2.24) is 4.90 Å². The number of ether oxygens (including phenoxy) is 1. The second-order valence-electron chi connectivity index (χ2n) is 4.34. The third kappa shape index (κ3) is 4.17. The van der Waals surface area contributed by atoms with Gasteiger partial charge in [0.05, 0.1) is 18.6 Å². The molecule has 1 rings (SSSR count). The van der Waals surface area contributed by atoms with Gasteiger partial charge >= 0.3 is 0 Å². The van der Waals surface area contributed by atoms with Crippen molar-refractivity contribution in [3.8, 4) is 0 Å². The SMILES string of the molecule is COC1(CC(=O)N(CCBr)CC(F)F)CCC1. The lowest BCUT2D eigenvalue weighted by atomic mass is 9.77. The molecule has 17 heavy (non-hydrogen) atoms. The fourth-order valence-corrected chi connectivity index (χ4v) is 2.43. The van der Waals surface area contributed by atoms with Crippen LogP contribution in [-0.4, -0.2) is 48.4 Å². The Morgan fingerprint density at radius 1 is 1.53 bits per heavy atom. The zero-order chi connectivity index (χ0) is 12.9. The molecule has 1 aliphatic carbocycles. The molecule has 0 atom stereocenters. The lowest BCUT2D eigenvalue weighted by Gasteiger charge is -2.41. The van der Waals surface area contributed by atoms with Crippen LogP contribution in [0.4, 0.5) is 8.78 Å². The maximum atomic E-state index is 12.3. The van der Waals surface area contributed by atoms with Crippen molar-refractivity contribution in [3.63, 3.8) is 0 Å². The Balaban J connectivity index is 2.52. The molecule has 1 saturated carbocycles. The van der Waals surface area contributed by atoms with Crippen LogP contribution >= 0.6 is 15.9 Å². The monoisotopic (exact) mass is 313 g/mol. The minimum Gasteiger partial charge on any atom is -0.378 e. The van der Waals surface area contributed by atoms with Gasteiger partial charge in [0.25, 0.3) is 6.43 Å². The zero-order valence-corrected chi connectivity index (χ0v) is 11.5. The van der Waals surface area contributed by atoms with Crippen molar-refractivity contribution < 1.29 is 18.3 Å². The van der Waals surface area contributed by atoms with E-state index in [0.29, 0.717) is 11.9 Å². The molecule has 3 nitrogen and oxygen atoms in total. The van der Waals surface area contributed by atoms with E-state index < -0.39 is 18.6 Å². The molecule has 0 aromatic rings. The number of nitrogens with zero attached hydrogens (tertiary/aromatic N) is 1. The maximum absolute atomic E-state index is 12.3. The highest BCUT2D eigenvalue weighted by atomic mass is 79.9. The first-order valence-electron chi connectivity index (χ1n) is 5.70. The fourth-order valence-electron chi connectivity index (χ4n) is 2.00. The van der Waals surface area contributed by atoms with E-state index in [1.54, 1.807) is 7.11 Å². The number of carbonyl (C=O) groups excluding carboxylic acids is 1. The van der Waals surface area contributed by atoms with Gasteiger partial charge in [0, 0.05) is 19.0 Å². The lowest BCUT2D eigenvalue weighted by Crippen LogP contribution is -2.46. The number of methoxy groups -OCH3 is 1. The second-order valence-corrected chi connectivity index (χ2v) is 5.13. The Hall–Kier alpha value is -0.230. The molecule has 0 aliphatic heterocycles. The topological polar surface area (TPSA) is 29.5 Å². The van der Waals surface area contributed by atoms with Gasteiger partial charge in [-0.2, -0.15) is 0 Å². The summed E-state index contributed by atoms with van der Waals surface area (Å²) in [4.78, 5) is 13.1. The van der Waals surface area contributed by atoms with Gasteiger partial charge in [-0.25, -0.2) is 8.78 Å². The minimum absolute atomic E-state index is 0.212. The van der Waals surface area contributed by atoms with Gasteiger partial charge in [0.2, 0.25) is 5.91 Å². The molecule has 0 aromatic heterocycles. The summed E-state index contributed by atoms with van der Waals surface area (Å²) in [5, 5.41) is 0.505. The van der Waals surface area contributed by atoms with Gasteiger partial charge in [-0.1, -0.05) is 15.9 Å². The first kappa shape index (κ1) is 14.8. The van der Waals surface area contributed by atoms with Crippen LogP contribution in [0.5, 0.6) is 0 Å². The van der Waals surface area contributed by atoms with Crippen molar-refractivity contribution in [3.05, 3.63) is 0 Å². The highest BCUT2D eigenvalue weighted by molar-refractivity contribution is 9.09. The van der Waals surface area contributed by atoms with Crippen molar-refractivity contribution in [1.29, 1.82) is 0 Å². The van der Waals surface area contributed by atoms with Gasteiger partial charge in [0.1, 0.15) is 0 Å². The van der Waals surface area contributed by atoms with Gasteiger partial charge in [-0.15, -0.1) is 0 Å². The second kappa shape index (κ2) is 6.64. The molecule has 0 radical (unpaired) electrons. The minimum atomic E-state index is -2.49. The van der Waals surface area contributed by atoms with Crippen LogP contribution in [0.3, 0.4) is 0 Å². The standard InChI is InChI=1S/C11H18BrF2NO2/c1-17-11(3-2-4-11)7-10(16)15(6-5-12)8-9(13)14/h9H,2-8H2,1H3. The summed E-state index contributed by atoms with van der Waals surface area (Å²) in [5.74, 6) is -0.244. The van der Waals surface area contributed by atoms with E-state index in [-0.39, 0.29) is 12.3 Å². The number of alkyl halides is 3. The smallest absolute Gasteiger partial charge is 0.255 e. The van der Waals surface area contributed by atoms with Crippen LogP contribution in [0, 0.1) is 0 Å². The summed E-state index contributed by atoms with van der Waals surface area (Å²) in [5.41, 5.74) is -0.399. The average Bonchev–Trinajstić information content (AvgIpc) is 2.22. The number of amides is 1. The Morgan fingerprint density at radius 2 is 2.18 bits per heavy atom. The zero-order valence-electron chi connectivity index (χ0n) is 9.92. The molecule has 6 heteroatoms. The van der Waals surface area contributed by atoms with E-state index in [9.17, 15) is 13.6 Å². The van der Waals surface area contributed by atoms with E-state index in [4.69, 9.17) is 4.74 Å². The molecule has 1 aliphatic rings. The summed E-state index contributed by atoms with van der Waals surface area (Å²) < 4.78 is 30.0. The van der Waals surface area contributed by atoms with Crippen LogP contribution in [0.1, 0.15) is 25.7 Å². The number of hydrogen-bond donors (Lipinski definition) is 0. The third-order valence-corrected chi connectivity index (χ3v) is 3.59. The normalized spacial score (nSPS) is 17.9. The van der Waals surface area contributed by atoms with Crippen LogP contribution in [0.25, 0.3) is 0 Å². The summed E-state index contributed by atoms with van der Waals surface area (Å²) in [7, 11) is 1.58. The van der Waals surface area contributed by atoms with Crippen LogP contribution in [-0.2, 0) is 9.53 Å². The largest absolute Gasteiger partial charge is 0.378 e. The average molecular weight is 314 g/mol. The number of hydrogen-bond acceptors (Lipinski definition) is 2. The predicted octanol–water partition coefficient (Wildman–Crippen LogP) is 2.43. The summed E-state index contributed by atoms with van der Waals surface area (Å²) in [6.45, 7) is -0.187. The third-order valence-electron chi connectivity index (χ3n) is 3.24. The van der Waals surface area contributed by atoms with Crippen molar-refractivity contribution in [2.75, 3.05) is 25.5 Å². The number of rotatable bonds is 7. The Bertz CT molecular complexity index is 254. The van der Waals surface area contributed by atoms with Crippen molar-refractivity contribution in [2.45, 2.75) is 37.7 Å². The predicted molar refractivity (Wildman–Crippen MR) is 64.6 cm³/mol. The molecule has 0 saturated heterocycles. The number of halogens is 3. The van der Waals surface area contributed by atoms with Crippen LogP contribution in [0.2, 0.25) is 0 Å². The Morgan fingerprint density at radius 3 is 2.53 bits per heavy atom. The maximum Gasteiger partial charge on any atom is 0.255 e. The van der Waals surface area contributed by atoms with E-state index >= 15 is 0 Å². The quantitative estimate of drug-likeness (QED) is 0.676. The number of carbonyl (C=O) groups is 1. The molecule has 0 bridgehead atoms. The van der Waals surface area contributed by atoms with Gasteiger partial charge in [0.15, 0.2) is 0 Å². The van der Waals surface area contributed by atoms with E-state index in [0.717, 1.165) is 19.3 Å². The molecule has 0 heterocycles. The molecule has 0 unspecified atom stereocenters. The summed E-state index contributed by atoms with van der Waals surface area (Å²) >= 11 is 3.17.